The van der Waals surface area contributed by atoms with E-state index in [1.165, 1.54) is 0 Å². The summed E-state index contributed by atoms with van der Waals surface area (Å²) in [6, 6.07) is 1.56. The van der Waals surface area contributed by atoms with Crippen molar-refractivity contribution in [2.45, 2.75) is 25.2 Å². The molecule has 2 rings (SSSR count). The van der Waals surface area contributed by atoms with Gasteiger partial charge in [-0.3, -0.25) is 9.88 Å². The third-order valence-corrected chi connectivity index (χ3v) is 3.41. The number of hydrogen-bond donors (Lipinski definition) is 1. The minimum absolute atomic E-state index is 0.0489. The Morgan fingerprint density at radius 3 is 2.89 bits per heavy atom. The summed E-state index contributed by atoms with van der Waals surface area (Å²) in [5, 5.41) is 9.27. The van der Waals surface area contributed by atoms with Crippen LogP contribution in [0.25, 0.3) is 0 Å². The molecular weight excluding hydrogens is 251 g/mol. The van der Waals surface area contributed by atoms with Gasteiger partial charge in [-0.1, -0.05) is 0 Å². The first-order valence-electron chi connectivity index (χ1n) is 6.24. The fourth-order valence-corrected chi connectivity index (χ4v) is 2.46. The summed E-state index contributed by atoms with van der Waals surface area (Å²) in [6.45, 7) is 0.700. The van der Waals surface area contributed by atoms with Crippen molar-refractivity contribution in [3.8, 4) is 11.5 Å². The van der Waals surface area contributed by atoms with Crippen molar-refractivity contribution in [1.82, 2.24) is 9.88 Å². The lowest BCUT2D eigenvalue weighted by Gasteiger charge is -2.23. The Morgan fingerprint density at radius 2 is 2.26 bits per heavy atom. The van der Waals surface area contributed by atoms with E-state index in [1.54, 1.807) is 26.5 Å². The number of aliphatic hydroxyl groups excluding tert-OH is 1. The molecule has 0 saturated carbocycles. The summed E-state index contributed by atoms with van der Waals surface area (Å²) in [6.07, 6.45) is 1.10. The first-order chi connectivity index (χ1) is 9.19. The lowest BCUT2D eigenvalue weighted by molar-refractivity contribution is 0.150. The molecule has 0 amide bonds. The molecule has 2 heterocycles. The average Bonchev–Trinajstić information content (AvgIpc) is 2.78. The van der Waals surface area contributed by atoms with Crippen LogP contribution in [0.3, 0.4) is 0 Å². The number of likely N-dealkylation sites (tertiary alicyclic amines) is 1. The van der Waals surface area contributed by atoms with Crippen LogP contribution in [0.15, 0.2) is 12.3 Å². The molecule has 2 atom stereocenters. The maximum absolute atomic E-state index is 13.4. The quantitative estimate of drug-likeness (QED) is 0.865. The molecule has 1 aromatic rings. The van der Waals surface area contributed by atoms with Gasteiger partial charge in [0.2, 0.25) is 0 Å². The zero-order chi connectivity index (χ0) is 13.8. The Labute approximate surface area is 112 Å². The number of hydrogen-bond acceptors (Lipinski definition) is 5. The number of ether oxygens (including phenoxy) is 2. The van der Waals surface area contributed by atoms with Crippen LogP contribution in [0.2, 0.25) is 0 Å². The Kier molecular flexibility index (Phi) is 4.55. The molecule has 106 valence electrons. The molecule has 1 aliphatic heterocycles. The van der Waals surface area contributed by atoms with Gasteiger partial charge in [0.25, 0.3) is 0 Å². The van der Waals surface area contributed by atoms with Crippen LogP contribution in [0, 0.1) is 0 Å². The Hall–Kier alpha value is -1.40. The maximum Gasteiger partial charge on any atom is 0.183 e. The van der Waals surface area contributed by atoms with E-state index < -0.39 is 6.17 Å². The van der Waals surface area contributed by atoms with Gasteiger partial charge in [0.1, 0.15) is 11.9 Å². The van der Waals surface area contributed by atoms with Crippen LogP contribution in [-0.2, 0) is 6.54 Å². The van der Waals surface area contributed by atoms with E-state index in [1.807, 2.05) is 4.90 Å². The number of nitrogens with zero attached hydrogens (tertiary/aromatic N) is 2. The Morgan fingerprint density at radius 1 is 1.47 bits per heavy atom. The molecular formula is C13H19FN2O3. The molecule has 1 aliphatic rings. The van der Waals surface area contributed by atoms with Crippen molar-refractivity contribution in [1.29, 1.82) is 0 Å². The minimum Gasteiger partial charge on any atom is -0.493 e. The molecule has 1 aromatic heterocycles. The zero-order valence-electron chi connectivity index (χ0n) is 11.2. The van der Waals surface area contributed by atoms with E-state index in [4.69, 9.17) is 9.47 Å². The zero-order valence-corrected chi connectivity index (χ0v) is 11.2. The second kappa shape index (κ2) is 6.16. The van der Waals surface area contributed by atoms with Crippen LogP contribution in [0.5, 0.6) is 11.5 Å². The molecule has 6 heteroatoms. The molecule has 19 heavy (non-hydrogen) atoms. The van der Waals surface area contributed by atoms with Gasteiger partial charge in [-0.2, -0.15) is 0 Å². The SMILES string of the molecule is COc1ccnc(CN2C[C@@H](F)C[C@H]2CO)c1OC. The van der Waals surface area contributed by atoms with Crippen LogP contribution in [-0.4, -0.2) is 54.6 Å². The topological polar surface area (TPSA) is 54.8 Å². The molecule has 0 bridgehead atoms. The number of pyridine rings is 1. The highest BCUT2D eigenvalue weighted by atomic mass is 19.1. The van der Waals surface area contributed by atoms with Crippen LogP contribution in [0.1, 0.15) is 12.1 Å². The number of alkyl halides is 1. The van der Waals surface area contributed by atoms with Gasteiger partial charge in [-0.15, -0.1) is 0 Å². The van der Waals surface area contributed by atoms with Gasteiger partial charge in [0, 0.05) is 31.4 Å². The third kappa shape index (κ3) is 2.96. The van der Waals surface area contributed by atoms with Crippen LogP contribution < -0.4 is 9.47 Å². The lowest BCUT2D eigenvalue weighted by Crippen LogP contribution is -2.32. The summed E-state index contributed by atoms with van der Waals surface area (Å²) >= 11 is 0. The van der Waals surface area contributed by atoms with E-state index in [2.05, 4.69) is 4.98 Å². The highest BCUT2D eigenvalue weighted by molar-refractivity contribution is 5.42. The van der Waals surface area contributed by atoms with Crippen molar-refractivity contribution in [3.05, 3.63) is 18.0 Å². The van der Waals surface area contributed by atoms with E-state index in [-0.39, 0.29) is 12.6 Å². The molecule has 0 radical (unpaired) electrons. The smallest absolute Gasteiger partial charge is 0.183 e. The van der Waals surface area contributed by atoms with Gasteiger partial charge in [0.05, 0.1) is 20.8 Å². The molecule has 1 fully saturated rings. The van der Waals surface area contributed by atoms with Crippen molar-refractivity contribution >= 4 is 0 Å². The first-order valence-corrected chi connectivity index (χ1v) is 6.24. The maximum atomic E-state index is 13.4. The summed E-state index contributed by atoms with van der Waals surface area (Å²) in [4.78, 5) is 6.15. The highest BCUT2D eigenvalue weighted by Gasteiger charge is 2.32. The van der Waals surface area contributed by atoms with E-state index in [0.717, 1.165) is 0 Å². The summed E-state index contributed by atoms with van der Waals surface area (Å²) < 4.78 is 23.9. The molecule has 1 N–H and O–H groups in total. The third-order valence-electron chi connectivity index (χ3n) is 3.41. The summed E-state index contributed by atoms with van der Waals surface area (Å²) in [5.41, 5.74) is 0.689. The summed E-state index contributed by atoms with van der Waals surface area (Å²) in [5.74, 6) is 1.16. The van der Waals surface area contributed by atoms with E-state index in [0.29, 0.717) is 36.7 Å². The predicted octanol–water partition coefficient (Wildman–Crippen LogP) is 1.00. The number of aromatic nitrogens is 1. The molecule has 0 unspecified atom stereocenters. The standard InChI is InChI=1S/C13H19FN2O3/c1-18-12-3-4-15-11(13(12)19-2)7-16-6-9(14)5-10(16)8-17/h3-4,9-10,17H,5-8H2,1-2H3/t9-,10-/m0/s1. The Bertz CT molecular complexity index is 430. The average molecular weight is 270 g/mol. The number of methoxy groups -OCH3 is 2. The molecule has 0 aliphatic carbocycles. The molecule has 0 spiro atoms. The predicted molar refractivity (Wildman–Crippen MR) is 68.1 cm³/mol. The van der Waals surface area contributed by atoms with E-state index >= 15 is 0 Å². The van der Waals surface area contributed by atoms with Gasteiger partial charge in [-0.25, -0.2) is 4.39 Å². The summed E-state index contributed by atoms with van der Waals surface area (Å²) in [7, 11) is 3.11. The van der Waals surface area contributed by atoms with Gasteiger partial charge in [0.15, 0.2) is 11.5 Å². The molecule has 1 saturated heterocycles. The number of aliphatic hydroxyl groups is 1. The van der Waals surface area contributed by atoms with Crippen molar-refractivity contribution < 1.29 is 19.0 Å². The van der Waals surface area contributed by atoms with Gasteiger partial charge >= 0.3 is 0 Å². The van der Waals surface area contributed by atoms with Crippen molar-refractivity contribution in [2.24, 2.45) is 0 Å². The first kappa shape index (κ1) is 14.0. The van der Waals surface area contributed by atoms with E-state index in [9.17, 15) is 9.50 Å². The lowest BCUT2D eigenvalue weighted by atomic mass is 10.2. The largest absolute Gasteiger partial charge is 0.493 e. The second-order valence-corrected chi connectivity index (χ2v) is 4.59. The number of rotatable bonds is 5. The monoisotopic (exact) mass is 270 g/mol. The highest BCUT2D eigenvalue weighted by Crippen LogP contribution is 2.31. The number of halogens is 1. The normalized spacial score (nSPS) is 23.6. The fraction of sp³-hybridized carbons (Fsp3) is 0.615. The van der Waals surface area contributed by atoms with Crippen LogP contribution >= 0.6 is 0 Å². The van der Waals surface area contributed by atoms with Crippen LogP contribution in [0.4, 0.5) is 4.39 Å². The fourth-order valence-electron chi connectivity index (χ4n) is 2.46. The Balaban J connectivity index is 2.18. The van der Waals surface area contributed by atoms with Crippen molar-refractivity contribution in [2.75, 3.05) is 27.4 Å². The minimum atomic E-state index is -0.895. The molecule has 5 nitrogen and oxygen atoms in total. The van der Waals surface area contributed by atoms with Gasteiger partial charge < -0.3 is 14.6 Å². The molecule has 0 aromatic carbocycles. The van der Waals surface area contributed by atoms with Crippen molar-refractivity contribution in [3.63, 3.8) is 0 Å². The second-order valence-electron chi connectivity index (χ2n) is 4.59. The van der Waals surface area contributed by atoms with Gasteiger partial charge in [-0.05, 0) is 6.42 Å².